The molecule has 0 bridgehead atoms. The molecule has 92 valence electrons. The van der Waals surface area contributed by atoms with Crippen LogP contribution in [0.4, 0.5) is 0 Å². The summed E-state index contributed by atoms with van der Waals surface area (Å²) in [4.78, 5) is 13.6. The smallest absolute Gasteiger partial charge is 0.236 e. The number of hydrogen-bond donors (Lipinski definition) is 3. The number of aliphatic hydroxyl groups excluding tert-OH is 1. The number of oxime groups is 1. The minimum Gasteiger partial charge on any atom is -0.409 e. The number of rotatable bonds is 4. The van der Waals surface area contributed by atoms with Gasteiger partial charge in [0.1, 0.15) is 5.41 Å². The summed E-state index contributed by atoms with van der Waals surface area (Å²) in [6.07, 6.45) is 3.01. The van der Waals surface area contributed by atoms with Gasteiger partial charge >= 0.3 is 0 Å². The SMILES string of the molecule is CN(CCO)C(=O)C1(C(N)=NO)CCCC1. The van der Waals surface area contributed by atoms with Crippen molar-refractivity contribution in [1.29, 1.82) is 0 Å². The Kier molecular flexibility index (Phi) is 4.12. The van der Waals surface area contributed by atoms with Gasteiger partial charge in [0.2, 0.25) is 5.91 Å². The van der Waals surface area contributed by atoms with Crippen LogP contribution in [0.5, 0.6) is 0 Å². The molecule has 1 aliphatic carbocycles. The highest BCUT2D eigenvalue weighted by molar-refractivity contribution is 6.06. The second kappa shape index (κ2) is 5.16. The van der Waals surface area contributed by atoms with Crippen LogP contribution in [0.3, 0.4) is 0 Å². The van der Waals surface area contributed by atoms with E-state index in [4.69, 9.17) is 16.0 Å². The Hall–Kier alpha value is -1.30. The van der Waals surface area contributed by atoms with E-state index in [2.05, 4.69) is 5.16 Å². The van der Waals surface area contributed by atoms with Gasteiger partial charge in [-0.3, -0.25) is 4.79 Å². The minimum absolute atomic E-state index is 0.0141. The summed E-state index contributed by atoms with van der Waals surface area (Å²) in [5.41, 5.74) is 4.78. The van der Waals surface area contributed by atoms with Crippen LogP contribution in [0.15, 0.2) is 5.16 Å². The maximum atomic E-state index is 12.2. The number of aliphatic hydroxyl groups is 1. The number of amidine groups is 1. The summed E-state index contributed by atoms with van der Waals surface area (Å²) in [6, 6.07) is 0. The molecule has 16 heavy (non-hydrogen) atoms. The Morgan fingerprint density at radius 2 is 2.06 bits per heavy atom. The van der Waals surface area contributed by atoms with E-state index in [9.17, 15) is 4.79 Å². The molecule has 6 heteroatoms. The lowest BCUT2D eigenvalue weighted by molar-refractivity contribution is -0.137. The Bertz CT molecular complexity index is 285. The first kappa shape index (κ1) is 12.8. The van der Waals surface area contributed by atoms with Gasteiger partial charge < -0.3 is 20.9 Å². The van der Waals surface area contributed by atoms with Crippen LogP contribution < -0.4 is 5.73 Å². The van der Waals surface area contributed by atoms with Crippen molar-refractivity contribution in [1.82, 2.24) is 4.90 Å². The number of carbonyl (C=O) groups is 1. The third-order valence-corrected chi connectivity index (χ3v) is 3.25. The summed E-state index contributed by atoms with van der Waals surface area (Å²) in [5, 5.41) is 20.6. The molecule has 4 N–H and O–H groups in total. The molecule has 1 rings (SSSR count). The molecule has 0 aromatic carbocycles. The zero-order chi connectivity index (χ0) is 12.2. The van der Waals surface area contributed by atoms with Gasteiger partial charge in [0, 0.05) is 13.6 Å². The maximum absolute atomic E-state index is 12.2. The van der Waals surface area contributed by atoms with Crippen molar-refractivity contribution in [2.75, 3.05) is 20.2 Å². The Labute approximate surface area is 94.7 Å². The van der Waals surface area contributed by atoms with E-state index in [1.165, 1.54) is 4.90 Å². The fourth-order valence-corrected chi connectivity index (χ4v) is 2.27. The van der Waals surface area contributed by atoms with Crippen LogP contribution in [0, 0.1) is 5.41 Å². The molecule has 1 saturated carbocycles. The number of hydrogen-bond acceptors (Lipinski definition) is 4. The first-order chi connectivity index (χ1) is 7.58. The molecule has 0 unspecified atom stereocenters. The van der Waals surface area contributed by atoms with Gasteiger partial charge in [0.05, 0.1) is 6.61 Å². The quantitative estimate of drug-likeness (QED) is 0.268. The second-order valence-electron chi connectivity index (χ2n) is 4.22. The summed E-state index contributed by atoms with van der Waals surface area (Å²) in [6.45, 7) is 0.174. The highest BCUT2D eigenvalue weighted by Gasteiger charge is 2.46. The molecular weight excluding hydrogens is 210 g/mol. The summed E-state index contributed by atoms with van der Waals surface area (Å²) in [7, 11) is 1.61. The molecule has 0 aromatic rings. The molecule has 0 saturated heterocycles. The number of nitrogens with zero attached hydrogens (tertiary/aromatic N) is 2. The summed E-state index contributed by atoms with van der Waals surface area (Å²) in [5.74, 6) is -0.186. The van der Waals surface area contributed by atoms with Crippen LogP contribution in [-0.2, 0) is 4.79 Å². The van der Waals surface area contributed by atoms with Crippen LogP contribution in [0.25, 0.3) is 0 Å². The van der Waals surface area contributed by atoms with Crippen molar-refractivity contribution >= 4 is 11.7 Å². The third kappa shape index (κ3) is 2.11. The topological polar surface area (TPSA) is 99.2 Å². The Morgan fingerprint density at radius 1 is 1.50 bits per heavy atom. The van der Waals surface area contributed by atoms with Crippen LogP contribution >= 0.6 is 0 Å². The van der Waals surface area contributed by atoms with Crippen molar-refractivity contribution in [3.8, 4) is 0 Å². The number of nitrogens with two attached hydrogens (primary N) is 1. The largest absolute Gasteiger partial charge is 0.409 e. The molecule has 0 atom stereocenters. The molecule has 0 radical (unpaired) electrons. The molecule has 0 spiro atoms. The molecule has 1 amide bonds. The fraction of sp³-hybridized carbons (Fsp3) is 0.800. The third-order valence-electron chi connectivity index (χ3n) is 3.25. The normalized spacial score (nSPS) is 19.8. The average Bonchev–Trinajstić information content (AvgIpc) is 2.77. The van der Waals surface area contributed by atoms with E-state index in [1.807, 2.05) is 0 Å². The van der Waals surface area contributed by atoms with Crippen molar-refractivity contribution < 1.29 is 15.1 Å². The average molecular weight is 229 g/mol. The van der Waals surface area contributed by atoms with E-state index in [1.54, 1.807) is 7.05 Å². The summed E-state index contributed by atoms with van der Waals surface area (Å²) < 4.78 is 0. The predicted molar refractivity (Wildman–Crippen MR) is 59.0 cm³/mol. The van der Waals surface area contributed by atoms with E-state index in [-0.39, 0.29) is 24.9 Å². The van der Waals surface area contributed by atoms with Crippen molar-refractivity contribution in [3.63, 3.8) is 0 Å². The monoisotopic (exact) mass is 229 g/mol. The minimum atomic E-state index is -0.862. The Morgan fingerprint density at radius 3 is 2.50 bits per heavy atom. The summed E-state index contributed by atoms with van der Waals surface area (Å²) >= 11 is 0. The van der Waals surface area contributed by atoms with Gasteiger partial charge in [-0.05, 0) is 12.8 Å². The van der Waals surface area contributed by atoms with Crippen LogP contribution in [0.1, 0.15) is 25.7 Å². The molecule has 1 aliphatic rings. The van der Waals surface area contributed by atoms with Gasteiger partial charge in [-0.2, -0.15) is 0 Å². The standard InChI is InChI=1S/C10H19N3O3/c1-13(6-7-14)9(15)10(8(11)12-16)4-2-3-5-10/h14,16H,2-7H2,1H3,(H2,11,12). The van der Waals surface area contributed by atoms with E-state index < -0.39 is 5.41 Å². The molecular formula is C10H19N3O3. The zero-order valence-electron chi connectivity index (χ0n) is 9.52. The fourth-order valence-electron chi connectivity index (χ4n) is 2.27. The molecule has 0 aromatic heterocycles. The predicted octanol–water partition coefficient (Wildman–Crippen LogP) is -0.256. The lowest BCUT2D eigenvalue weighted by Gasteiger charge is -2.30. The number of carbonyl (C=O) groups excluding carboxylic acids is 1. The van der Waals surface area contributed by atoms with Gasteiger partial charge in [-0.25, -0.2) is 0 Å². The Balaban J connectivity index is 2.90. The lowest BCUT2D eigenvalue weighted by atomic mass is 9.83. The van der Waals surface area contributed by atoms with Crippen molar-refractivity contribution in [2.24, 2.45) is 16.3 Å². The van der Waals surface area contributed by atoms with Crippen LogP contribution in [-0.4, -0.2) is 47.2 Å². The van der Waals surface area contributed by atoms with Gasteiger partial charge in [-0.1, -0.05) is 18.0 Å². The molecule has 0 aliphatic heterocycles. The van der Waals surface area contributed by atoms with Crippen molar-refractivity contribution in [3.05, 3.63) is 0 Å². The van der Waals surface area contributed by atoms with Crippen LogP contribution in [0.2, 0.25) is 0 Å². The molecule has 1 fully saturated rings. The maximum Gasteiger partial charge on any atom is 0.236 e. The van der Waals surface area contributed by atoms with Crippen molar-refractivity contribution in [2.45, 2.75) is 25.7 Å². The van der Waals surface area contributed by atoms with Gasteiger partial charge in [-0.15, -0.1) is 0 Å². The van der Waals surface area contributed by atoms with Gasteiger partial charge in [0.25, 0.3) is 0 Å². The van der Waals surface area contributed by atoms with Gasteiger partial charge in [0.15, 0.2) is 5.84 Å². The zero-order valence-corrected chi connectivity index (χ0v) is 9.52. The lowest BCUT2D eigenvalue weighted by Crippen LogP contribution is -2.49. The number of amides is 1. The van der Waals surface area contributed by atoms with E-state index >= 15 is 0 Å². The van der Waals surface area contributed by atoms with E-state index in [0.717, 1.165) is 12.8 Å². The highest BCUT2D eigenvalue weighted by atomic mass is 16.4. The first-order valence-electron chi connectivity index (χ1n) is 5.43. The first-order valence-corrected chi connectivity index (χ1v) is 5.43. The number of likely N-dealkylation sites (N-methyl/N-ethyl adjacent to an activating group) is 1. The molecule has 6 nitrogen and oxygen atoms in total. The van der Waals surface area contributed by atoms with E-state index in [0.29, 0.717) is 12.8 Å². The highest BCUT2D eigenvalue weighted by Crippen LogP contribution is 2.39. The molecule has 0 heterocycles. The second-order valence-corrected chi connectivity index (χ2v) is 4.22.